The zero-order chi connectivity index (χ0) is 25.5. The maximum absolute atomic E-state index is 9.65. The van der Waals surface area contributed by atoms with Crippen LogP contribution in [0.5, 0.6) is 6.01 Å². The minimum Gasteiger partial charge on any atom is -0.467 e. The first kappa shape index (κ1) is 24.5. The summed E-state index contributed by atoms with van der Waals surface area (Å²) in [5, 5.41) is 15.5. The number of anilines is 1. The van der Waals surface area contributed by atoms with Gasteiger partial charge in [0.25, 0.3) is 0 Å². The Hall–Kier alpha value is -2.79. The molecule has 0 radical (unpaired) electrons. The third kappa shape index (κ3) is 4.67. The molecule has 37 heavy (non-hydrogen) atoms. The van der Waals surface area contributed by atoms with Crippen LogP contribution in [-0.2, 0) is 9.47 Å². The van der Waals surface area contributed by atoms with Crippen LogP contribution in [0.3, 0.4) is 0 Å². The van der Waals surface area contributed by atoms with Gasteiger partial charge in [0.1, 0.15) is 5.82 Å². The van der Waals surface area contributed by atoms with Gasteiger partial charge in [-0.15, -0.1) is 0 Å². The molecule has 1 N–H and O–H groups in total. The van der Waals surface area contributed by atoms with Crippen molar-refractivity contribution in [3.05, 3.63) is 35.5 Å². The molecule has 2 unspecified atom stereocenters. The highest BCUT2D eigenvalue weighted by atomic mass is 16.5. The van der Waals surface area contributed by atoms with E-state index in [9.17, 15) is 5.11 Å². The summed E-state index contributed by atoms with van der Waals surface area (Å²) in [6.07, 6.45) is 3.96. The van der Waals surface area contributed by atoms with Gasteiger partial charge < -0.3 is 24.2 Å². The molecular weight excluding hydrogens is 472 g/mol. The molecule has 10 nitrogen and oxygen atoms in total. The average molecular weight is 509 g/mol. The maximum atomic E-state index is 9.65. The van der Waals surface area contributed by atoms with Gasteiger partial charge in [-0.2, -0.15) is 15.1 Å². The second-order valence-electron chi connectivity index (χ2n) is 10.5. The Morgan fingerprint density at radius 1 is 1.08 bits per heavy atom. The van der Waals surface area contributed by atoms with Gasteiger partial charge in [0.2, 0.25) is 0 Å². The van der Waals surface area contributed by atoms with Crippen molar-refractivity contribution < 1.29 is 19.3 Å². The van der Waals surface area contributed by atoms with Crippen LogP contribution in [0.4, 0.5) is 5.82 Å². The third-order valence-corrected chi connectivity index (χ3v) is 8.14. The van der Waals surface area contributed by atoms with Crippen molar-refractivity contribution in [3.8, 4) is 11.8 Å². The predicted molar refractivity (Wildman–Crippen MR) is 140 cm³/mol. The first-order valence-corrected chi connectivity index (χ1v) is 13.3. The standard InChI is InChI=1S/C27H36N6O4/c1-17-8-20-11-28-33(24(20)9-23(17)19-4-6-31(7-5-19)21-15-36-16-21)26-10-25(29-27(30-26)35-3)32-12-22(13-34)37-14-18(32)2/h8-11,18-19,21-22,34H,4-7,12-16H2,1-3H3. The number of aromatic nitrogens is 4. The monoisotopic (exact) mass is 508 g/mol. The number of aliphatic hydroxyl groups excluding tert-OH is 1. The molecule has 10 heteroatoms. The van der Waals surface area contributed by atoms with Crippen molar-refractivity contribution in [1.29, 1.82) is 0 Å². The van der Waals surface area contributed by atoms with E-state index >= 15 is 0 Å². The molecule has 5 heterocycles. The summed E-state index contributed by atoms with van der Waals surface area (Å²) in [5.41, 5.74) is 3.74. The Bertz CT molecular complexity index is 1250. The molecule has 6 rings (SSSR count). The number of rotatable bonds is 6. The van der Waals surface area contributed by atoms with Gasteiger partial charge in [0, 0.05) is 18.0 Å². The summed E-state index contributed by atoms with van der Waals surface area (Å²) in [7, 11) is 1.58. The number of benzene rings is 1. The molecule has 1 aromatic carbocycles. The van der Waals surface area contributed by atoms with Gasteiger partial charge in [-0.05, 0) is 69.0 Å². The zero-order valence-corrected chi connectivity index (χ0v) is 21.8. The molecule has 0 bridgehead atoms. The second-order valence-corrected chi connectivity index (χ2v) is 10.5. The molecule has 0 saturated carbocycles. The molecule has 198 valence electrons. The fourth-order valence-electron chi connectivity index (χ4n) is 5.83. The van der Waals surface area contributed by atoms with Crippen LogP contribution in [0.1, 0.15) is 36.8 Å². The van der Waals surface area contributed by atoms with Crippen molar-refractivity contribution in [2.75, 3.05) is 58.1 Å². The van der Waals surface area contributed by atoms with Crippen LogP contribution in [-0.4, -0.2) is 101 Å². The average Bonchev–Trinajstić information content (AvgIpc) is 3.30. The van der Waals surface area contributed by atoms with Gasteiger partial charge >= 0.3 is 6.01 Å². The Labute approximate surface area is 217 Å². The number of methoxy groups -OCH3 is 1. The number of hydrogen-bond acceptors (Lipinski definition) is 9. The normalized spacial score (nSPS) is 23.9. The molecule has 0 aliphatic carbocycles. The summed E-state index contributed by atoms with van der Waals surface area (Å²) in [5.74, 6) is 1.93. The van der Waals surface area contributed by atoms with E-state index in [2.05, 4.69) is 45.7 Å². The fraction of sp³-hybridized carbons (Fsp3) is 0.593. The summed E-state index contributed by atoms with van der Waals surface area (Å²) in [4.78, 5) is 14.0. The number of likely N-dealkylation sites (tertiary alicyclic amines) is 1. The number of morpholine rings is 1. The summed E-state index contributed by atoms with van der Waals surface area (Å²) in [6.45, 7) is 9.33. The summed E-state index contributed by atoms with van der Waals surface area (Å²) >= 11 is 0. The SMILES string of the molecule is COc1nc(N2CC(CO)OCC2C)cc(-n2ncc3cc(C)c(C4CCN(C5COC5)CC4)cc32)n1. The highest BCUT2D eigenvalue weighted by Crippen LogP contribution is 2.35. The quantitative estimate of drug-likeness (QED) is 0.538. The smallest absolute Gasteiger partial charge is 0.320 e. The van der Waals surface area contributed by atoms with Crippen molar-refractivity contribution in [1.82, 2.24) is 24.6 Å². The molecule has 3 aromatic rings. The number of piperidine rings is 1. The van der Waals surface area contributed by atoms with Crippen LogP contribution in [0.25, 0.3) is 16.7 Å². The maximum Gasteiger partial charge on any atom is 0.320 e. The minimum atomic E-state index is -0.250. The van der Waals surface area contributed by atoms with Gasteiger partial charge in [-0.25, -0.2) is 4.68 Å². The van der Waals surface area contributed by atoms with E-state index in [0.717, 1.165) is 55.9 Å². The molecule has 3 fully saturated rings. The lowest BCUT2D eigenvalue weighted by molar-refractivity contribution is -0.0712. The number of fused-ring (bicyclic) bond motifs is 1. The molecule has 2 aromatic heterocycles. The first-order valence-electron chi connectivity index (χ1n) is 13.3. The van der Waals surface area contributed by atoms with Crippen molar-refractivity contribution in [3.63, 3.8) is 0 Å². The van der Waals surface area contributed by atoms with Gasteiger partial charge in [0.15, 0.2) is 5.82 Å². The van der Waals surface area contributed by atoms with E-state index in [1.165, 1.54) is 11.1 Å². The van der Waals surface area contributed by atoms with Crippen molar-refractivity contribution in [2.24, 2.45) is 0 Å². The molecule has 3 aliphatic rings. The lowest BCUT2D eigenvalue weighted by Gasteiger charge is -2.41. The Morgan fingerprint density at radius 3 is 2.57 bits per heavy atom. The van der Waals surface area contributed by atoms with E-state index in [0.29, 0.717) is 30.9 Å². The molecule has 3 aliphatic heterocycles. The number of aryl methyl sites for hydroxylation is 1. The highest BCUT2D eigenvalue weighted by molar-refractivity contribution is 5.82. The summed E-state index contributed by atoms with van der Waals surface area (Å²) in [6, 6.07) is 7.50. The largest absolute Gasteiger partial charge is 0.467 e. The lowest BCUT2D eigenvalue weighted by atomic mass is 9.85. The molecule has 0 amide bonds. The van der Waals surface area contributed by atoms with Crippen molar-refractivity contribution in [2.45, 2.75) is 50.8 Å². The van der Waals surface area contributed by atoms with Gasteiger partial charge in [-0.1, -0.05) is 0 Å². The van der Waals surface area contributed by atoms with Crippen LogP contribution in [0, 0.1) is 6.92 Å². The van der Waals surface area contributed by atoms with Crippen molar-refractivity contribution >= 4 is 16.7 Å². The van der Waals surface area contributed by atoms with E-state index in [4.69, 9.17) is 19.3 Å². The highest BCUT2D eigenvalue weighted by Gasteiger charge is 2.31. The molecular formula is C27H36N6O4. The van der Waals surface area contributed by atoms with E-state index in [1.54, 1.807) is 7.11 Å². The predicted octanol–water partition coefficient (Wildman–Crippen LogP) is 2.30. The minimum absolute atomic E-state index is 0.0302. The Kier molecular flexibility index (Phi) is 6.74. The topological polar surface area (TPSA) is 98.0 Å². The molecule has 2 atom stereocenters. The Balaban J connectivity index is 1.33. The van der Waals surface area contributed by atoms with E-state index < -0.39 is 0 Å². The van der Waals surface area contributed by atoms with Crippen LogP contribution < -0.4 is 9.64 Å². The summed E-state index contributed by atoms with van der Waals surface area (Å²) < 4.78 is 18.5. The zero-order valence-electron chi connectivity index (χ0n) is 21.8. The van der Waals surface area contributed by atoms with Gasteiger partial charge in [0.05, 0.1) is 63.4 Å². The number of aliphatic hydroxyl groups is 1. The van der Waals surface area contributed by atoms with E-state index in [1.807, 2.05) is 16.9 Å². The first-order chi connectivity index (χ1) is 18.0. The number of ether oxygens (including phenoxy) is 3. The number of hydrogen-bond donors (Lipinski definition) is 1. The van der Waals surface area contributed by atoms with E-state index in [-0.39, 0.29) is 24.8 Å². The second kappa shape index (κ2) is 10.2. The molecule has 3 saturated heterocycles. The van der Waals surface area contributed by atoms with Crippen LogP contribution in [0.2, 0.25) is 0 Å². The number of nitrogens with zero attached hydrogens (tertiary/aromatic N) is 6. The van der Waals surface area contributed by atoms with Gasteiger partial charge in [-0.3, -0.25) is 4.90 Å². The fourth-order valence-corrected chi connectivity index (χ4v) is 5.83. The third-order valence-electron chi connectivity index (χ3n) is 8.14. The van der Waals surface area contributed by atoms with Crippen LogP contribution >= 0.6 is 0 Å². The lowest BCUT2D eigenvalue weighted by Crippen LogP contribution is -2.51. The molecule has 0 spiro atoms. The Morgan fingerprint density at radius 2 is 1.86 bits per heavy atom. The van der Waals surface area contributed by atoms with Crippen LogP contribution in [0.15, 0.2) is 24.4 Å².